The molecule has 0 aliphatic carbocycles. The smallest absolute Gasteiger partial charge is 0.346 e. The van der Waals surface area contributed by atoms with Crippen molar-refractivity contribution in [3.63, 3.8) is 0 Å². The minimum atomic E-state index is -0.667. The van der Waals surface area contributed by atoms with E-state index in [0.29, 0.717) is 19.6 Å². The van der Waals surface area contributed by atoms with E-state index in [1.807, 2.05) is 37.3 Å². The van der Waals surface area contributed by atoms with E-state index in [1.165, 1.54) is 4.90 Å². The summed E-state index contributed by atoms with van der Waals surface area (Å²) in [7, 11) is 0. The van der Waals surface area contributed by atoms with Crippen LogP contribution in [0, 0.1) is 0 Å². The minimum Gasteiger partial charge on any atom is -0.352 e. The topological polar surface area (TPSA) is 59.0 Å². The zero-order valence-electron chi connectivity index (χ0n) is 11.7. The summed E-state index contributed by atoms with van der Waals surface area (Å²) in [5, 5.41) is 0. The minimum absolute atomic E-state index is 0.146. The predicted molar refractivity (Wildman–Crippen MR) is 75.5 cm³/mol. The monoisotopic (exact) mass is 274 g/mol. The standard InChI is InChI=1S/C15H18N2O3/c1-3-12(18)13-14(20-4-2)17(15(19)16-13)10-11-8-6-5-7-9-11/h5-9,14H,3-4,10H2,1-2H3. The lowest BCUT2D eigenvalue weighted by molar-refractivity contribution is -0.113. The Morgan fingerprint density at radius 3 is 2.60 bits per heavy atom. The molecule has 0 saturated heterocycles. The SMILES string of the molecule is CCOC1C(C(=O)CC)=NC(=O)N1Cc1ccccc1. The number of ether oxygens (including phenoxy) is 1. The molecule has 5 nitrogen and oxygen atoms in total. The number of Topliss-reactive ketones (excluding diaryl/α,β-unsaturated/α-hetero) is 1. The number of aliphatic imine (C=N–C) groups is 1. The maximum Gasteiger partial charge on any atom is 0.346 e. The molecule has 0 N–H and O–H groups in total. The second-order valence-corrected chi connectivity index (χ2v) is 4.48. The third-order valence-electron chi connectivity index (χ3n) is 3.11. The number of benzene rings is 1. The van der Waals surface area contributed by atoms with Crippen LogP contribution < -0.4 is 0 Å². The van der Waals surface area contributed by atoms with Crippen LogP contribution in [0.15, 0.2) is 35.3 Å². The van der Waals surface area contributed by atoms with Gasteiger partial charge in [0.05, 0.1) is 6.54 Å². The fraction of sp³-hybridized carbons (Fsp3) is 0.400. The van der Waals surface area contributed by atoms with Crippen LogP contribution in [0.2, 0.25) is 0 Å². The first-order chi connectivity index (χ1) is 9.67. The van der Waals surface area contributed by atoms with Gasteiger partial charge in [-0.25, -0.2) is 4.79 Å². The average Bonchev–Trinajstić information content (AvgIpc) is 2.77. The van der Waals surface area contributed by atoms with E-state index in [2.05, 4.69) is 4.99 Å². The number of rotatable bonds is 6. The zero-order chi connectivity index (χ0) is 14.5. The van der Waals surface area contributed by atoms with E-state index in [0.717, 1.165) is 5.56 Å². The summed E-state index contributed by atoms with van der Waals surface area (Å²) in [6.07, 6.45) is -0.352. The van der Waals surface area contributed by atoms with Gasteiger partial charge in [-0.3, -0.25) is 9.69 Å². The molecule has 2 rings (SSSR count). The van der Waals surface area contributed by atoms with Crippen LogP contribution in [-0.4, -0.2) is 35.3 Å². The van der Waals surface area contributed by atoms with Crippen molar-refractivity contribution in [2.24, 2.45) is 4.99 Å². The van der Waals surface area contributed by atoms with E-state index in [-0.39, 0.29) is 11.5 Å². The number of carbonyl (C=O) groups is 2. The summed E-state index contributed by atoms with van der Waals surface area (Å²) in [6.45, 7) is 4.38. The van der Waals surface area contributed by atoms with Crippen LogP contribution in [0.3, 0.4) is 0 Å². The van der Waals surface area contributed by atoms with E-state index >= 15 is 0 Å². The first-order valence-corrected chi connectivity index (χ1v) is 6.75. The first-order valence-electron chi connectivity index (χ1n) is 6.75. The van der Waals surface area contributed by atoms with Gasteiger partial charge in [0, 0.05) is 13.0 Å². The molecule has 20 heavy (non-hydrogen) atoms. The molecule has 106 valence electrons. The fourth-order valence-corrected chi connectivity index (χ4v) is 2.11. The molecule has 0 aromatic heterocycles. The molecule has 0 bridgehead atoms. The largest absolute Gasteiger partial charge is 0.352 e. The molecule has 1 heterocycles. The van der Waals surface area contributed by atoms with Crippen molar-refractivity contribution in [1.82, 2.24) is 4.90 Å². The van der Waals surface area contributed by atoms with Crippen molar-refractivity contribution in [3.8, 4) is 0 Å². The Kier molecular flexibility index (Phi) is 4.63. The van der Waals surface area contributed by atoms with Gasteiger partial charge >= 0.3 is 6.03 Å². The number of amides is 2. The van der Waals surface area contributed by atoms with Crippen molar-refractivity contribution < 1.29 is 14.3 Å². The van der Waals surface area contributed by atoms with E-state index in [9.17, 15) is 9.59 Å². The van der Waals surface area contributed by atoms with E-state index in [4.69, 9.17) is 4.74 Å². The molecule has 1 aromatic carbocycles. The molecule has 1 unspecified atom stereocenters. The second-order valence-electron chi connectivity index (χ2n) is 4.48. The molecular weight excluding hydrogens is 256 g/mol. The Balaban J connectivity index is 2.20. The number of urea groups is 1. The average molecular weight is 274 g/mol. The normalized spacial score (nSPS) is 18.3. The van der Waals surface area contributed by atoms with Gasteiger partial charge in [0.15, 0.2) is 12.0 Å². The van der Waals surface area contributed by atoms with Gasteiger partial charge in [-0.05, 0) is 12.5 Å². The maximum atomic E-state index is 12.0. The summed E-state index contributed by atoms with van der Waals surface area (Å²) < 4.78 is 5.55. The van der Waals surface area contributed by atoms with Crippen LogP contribution in [0.25, 0.3) is 0 Å². The summed E-state index contributed by atoms with van der Waals surface area (Å²) in [4.78, 5) is 29.2. The van der Waals surface area contributed by atoms with Crippen molar-refractivity contribution in [1.29, 1.82) is 0 Å². The molecule has 0 spiro atoms. The highest BCUT2D eigenvalue weighted by Gasteiger charge is 2.38. The van der Waals surface area contributed by atoms with Crippen LogP contribution in [0.4, 0.5) is 4.79 Å². The van der Waals surface area contributed by atoms with Crippen LogP contribution in [0.5, 0.6) is 0 Å². The fourth-order valence-electron chi connectivity index (χ4n) is 2.11. The molecule has 1 aromatic rings. The number of ketones is 1. The van der Waals surface area contributed by atoms with Gasteiger partial charge in [0.2, 0.25) is 0 Å². The Bertz CT molecular complexity index is 525. The summed E-state index contributed by atoms with van der Waals surface area (Å²) in [5.41, 5.74) is 1.20. The summed E-state index contributed by atoms with van der Waals surface area (Å²) in [6, 6.07) is 9.17. The van der Waals surface area contributed by atoms with Gasteiger partial charge < -0.3 is 4.74 Å². The van der Waals surface area contributed by atoms with E-state index < -0.39 is 12.3 Å². The van der Waals surface area contributed by atoms with Crippen molar-refractivity contribution in [2.45, 2.75) is 33.0 Å². The molecule has 1 aliphatic rings. The molecule has 0 fully saturated rings. The third-order valence-corrected chi connectivity index (χ3v) is 3.11. The van der Waals surface area contributed by atoms with Crippen LogP contribution in [0.1, 0.15) is 25.8 Å². The lowest BCUT2D eigenvalue weighted by atomic mass is 10.1. The molecule has 2 amide bonds. The molecule has 5 heteroatoms. The van der Waals surface area contributed by atoms with Gasteiger partial charge in [-0.2, -0.15) is 4.99 Å². The van der Waals surface area contributed by atoms with Crippen LogP contribution in [-0.2, 0) is 16.1 Å². The quantitative estimate of drug-likeness (QED) is 0.800. The Morgan fingerprint density at radius 2 is 2.00 bits per heavy atom. The first kappa shape index (κ1) is 14.4. The highest BCUT2D eigenvalue weighted by atomic mass is 16.5. The van der Waals surface area contributed by atoms with Crippen molar-refractivity contribution >= 4 is 17.5 Å². The molecule has 1 atom stereocenters. The van der Waals surface area contributed by atoms with Crippen molar-refractivity contribution in [3.05, 3.63) is 35.9 Å². The highest BCUT2D eigenvalue weighted by molar-refractivity contribution is 6.44. The Labute approximate surface area is 118 Å². The predicted octanol–water partition coefficient (Wildman–Crippen LogP) is 2.40. The second kappa shape index (κ2) is 6.43. The summed E-state index contributed by atoms with van der Waals surface area (Å²) in [5.74, 6) is -0.146. The van der Waals surface area contributed by atoms with Gasteiger partial charge in [-0.1, -0.05) is 37.3 Å². The molecule has 0 saturated carbocycles. The number of hydrogen-bond donors (Lipinski definition) is 0. The van der Waals surface area contributed by atoms with Crippen molar-refractivity contribution in [2.75, 3.05) is 6.61 Å². The van der Waals surface area contributed by atoms with Gasteiger partial charge in [0.25, 0.3) is 0 Å². The zero-order valence-corrected chi connectivity index (χ0v) is 11.7. The third kappa shape index (κ3) is 2.93. The molecule has 0 radical (unpaired) electrons. The number of carbonyl (C=O) groups excluding carboxylic acids is 2. The Hall–Kier alpha value is -2.01. The lowest BCUT2D eigenvalue weighted by Crippen LogP contribution is -2.41. The maximum absolute atomic E-state index is 12.0. The highest BCUT2D eigenvalue weighted by Crippen LogP contribution is 2.19. The van der Waals surface area contributed by atoms with Gasteiger partial charge in [0.1, 0.15) is 5.71 Å². The number of hydrogen-bond acceptors (Lipinski definition) is 3. The molecular formula is C15H18N2O3. The summed E-state index contributed by atoms with van der Waals surface area (Å²) >= 11 is 0. The lowest BCUT2D eigenvalue weighted by Gasteiger charge is -2.24. The van der Waals surface area contributed by atoms with E-state index in [1.54, 1.807) is 6.92 Å². The number of nitrogens with zero attached hydrogens (tertiary/aromatic N) is 2. The van der Waals surface area contributed by atoms with Gasteiger partial charge in [-0.15, -0.1) is 0 Å². The molecule has 1 aliphatic heterocycles. The Morgan fingerprint density at radius 1 is 1.30 bits per heavy atom. The van der Waals surface area contributed by atoms with Crippen LogP contribution >= 0.6 is 0 Å².